The van der Waals surface area contributed by atoms with Crippen molar-refractivity contribution in [1.29, 1.82) is 0 Å². The van der Waals surface area contributed by atoms with Crippen molar-refractivity contribution < 1.29 is 17.6 Å². The molecule has 0 aliphatic carbocycles. The highest BCUT2D eigenvalue weighted by molar-refractivity contribution is 7.92. The van der Waals surface area contributed by atoms with Crippen LogP contribution >= 0.6 is 0 Å². The summed E-state index contributed by atoms with van der Waals surface area (Å²) in [5.41, 5.74) is 1.36. The molecule has 0 radical (unpaired) electrons. The highest BCUT2D eigenvalue weighted by Gasteiger charge is 2.24. The van der Waals surface area contributed by atoms with E-state index in [2.05, 4.69) is 5.32 Å². The number of hydrogen-bond acceptors (Lipinski definition) is 3. The topological polar surface area (TPSA) is 66.5 Å². The van der Waals surface area contributed by atoms with Gasteiger partial charge in [0.25, 0.3) is 15.9 Å². The molecule has 1 amide bonds. The molecule has 0 bridgehead atoms. The Balaban J connectivity index is 1.71. The number of sulfonamides is 1. The van der Waals surface area contributed by atoms with Crippen LogP contribution in [0.5, 0.6) is 0 Å². The van der Waals surface area contributed by atoms with Crippen LogP contribution in [0.25, 0.3) is 0 Å². The zero-order valence-electron chi connectivity index (χ0n) is 17.5. The molecule has 0 aromatic heterocycles. The zero-order valence-corrected chi connectivity index (χ0v) is 18.3. The average Bonchev–Trinajstić information content (AvgIpc) is 2.78. The number of hydrogen-bond donors (Lipinski definition) is 1. The van der Waals surface area contributed by atoms with E-state index in [1.165, 1.54) is 49.0 Å². The van der Waals surface area contributed by atoms with Crippen LogP contribution in [0.15, 0.2) is 83.8 Å². The fourth-order valence-corrected chi connectivity index (χ4v) is 4.45. The quantitative estimate of drug-likeness (QED) is 0.565. The molecule has 3 aromatic rings. The molecule has 162 valence electrons. The first-order valence-corrected chi connectivity index (χ1v) is 11.4. The Bertz CT molecular complexity index is 1150. The van der Waals surface area contributed by atoms with E-state index in [1.807, 2.05) is 37.3 Å². The number of nitrogens with zero attached hydrogens (tertiary/aromatic N) is 1. The van der Waals surface area contributed by atoms with Crippen LogP contribution in [0.1, 0.15) is 29.3 Å². The second kappa shape index (κ2) is 9.75. The fraction of sp³-hybridized carbons (Fsp3) is 0.208. The predicted molar refractivity (Wildman–Crippen MR) is 120 cm³/mol. The summed E-state index contributed by atoms with van der Waals surface area (Å²) in [6.45, 7) is 1.91. The Labute approximate surface area is 182 Å². The molecule has 0 heterocycles. The van der Waals surface area contributed by atoms with Gasteiger partial charge in [0, 0.05) is 18.7 Å². The summed E-state index contributed by atoms with van der Waals surface area (Å²) < 4.78 is 40.9. The summed E-state index contributed by atoms with van der Waals surface area (Å²) in [6, 6.07) is 21.3. The van der Waals surface area contributed by atoms with Gasteiger partial charge in [-0.25, -0.2) is 12.8 Å². The number of carbonyl (C=O) groups is 1. The number of aryl methyl sites for hydroxylation is 1. The molecule has 0 spiro atoms. The van der Waals surface area contributed by atoms with Gasteiger partial charge in [-0.15, -0.1) is 0 Å². The lowest BCUT2D eigenvalue weighted by Crippen LogP contribution is -2.33. The van der Waals surface area contributed by atoms with Gasteiger partial charge in [0.2, 0.25) is 0 Å². The molecule has 0 aliphatic rings. The number of para-hydroxylation sites is 1. The molecule has 1 atom stereocenters. The van der Waals surface area contributed by atoms with E-state index in [0.29, 0.717) is 0 Å². The van der Waals surface area contributed by atoms with E-state index < -0.39 is 15.8 Å². The molecule has 3 aromatic carbocycles. The minimum Gasteiger partial charge on any atom is -0.350 e. The van der Waals surface area contributed by atoms with E-state index in [9.17, 15) is 17.6 Å². The SMILES string of the molecule is C[C@H](CCc1ccccc1)NC(=O)c1cccc(S(=O)(=O)N(C)c2ccccc2F)c1. The van der Waals surface area contributed by atoms with Crippen molar-refractivity contribution in [3.8, 4) is 0 Å². The number of halogens is 1. The summed E-state index contributed by atoms with van der Waals surface area (Å²) in [7, 11) is -2.75. The third-order valence-corrected chi connectivity index (χ3v) is 6.80. The van der Waals surface area contributed by atoms with Gasteiger partial charge in [0.15, 0.2) is 0 Å². The Hall–Kier alpha value is -3.19. The largest absolute Gasteiger partial charge is 0.350 e. The van der Waals surface area contributed by atoms with E-state index in [1.54, 1.807) is 12.1 Å². The summed E-state index contributed by atoms with van der Waals surface area (Å²) >= 11 is 0. The normalized spacial score (nSPS) is 12.2. The maximum absolute atomic E-state index is 14.1. The highest BCUT2D eigenvalue weighted by Crippen LogP contribution is 2.25. The first kappa shape index (κ1) is 22.5. The smallest absolute Gasteiger partial charge is 0.264 e. The molecular formula is C24H25FN2O3S. The number of amides is 1. The number of rotatable bonds is 8. The third kappa shape index (κ3) is 5.49. The first-order chi connectivity index (χ1) is 14.8. The monoisotopic (exact) mass is 440 g/mol. The van der Waals surface area contributed by atoms with Gasteiger partial charge in [0.1, 0.15) is 5.82 Å². The van der Waals surface area contributed by atoms with Crippen LogP contribution in [-0.4, -0.2) is 27.4 Å². The van der Waals surface area contributed by atoms with E-state index in [4.69, 9.17) is 0 Å². The minimum absolute atomic E-state index is 0.0631. The van der Waals surface area contributed by atoms with Crippen molar-refractivity contribution in [2.75, 3.05) is 11.4 Å². The molecule has 5 nitrogen and oxygen atoms in total. The van der Waals surface area contributed by atoms with Crippen LogP contribution in [0.3, 0.4) is 0 Å². The maximum atomic E-state index is 14.1. The molecular weight excluding hydrogens is 415 g/mol. The first-order valence-electron chi connectivity index (χ1n) is 9.97. The van der Waals surface area contributed by atoms with E-state index >= 15 is 0 Å². The van der Waals surface area contributed by atoms with Crippen LogP contribution < -0.4 is 9.62 Å². The van der Waals surface area contributed by atoms with E-state index in [0.717, 1.165) is 17.1 Å². The van der Waals surface area contributed by atoms with Crippen molar-refractivity contribution >= 4 is 21.6 Å². The molecule has 0 unspecified atom stereocenters. The maximum Gasteiger partial charge on any atom is 0.264 e. The number of carbonyl (C=O) groups excluding carboxylic acids is 1. The average molecular weight is 441 g/mol. The van der Waals surface area contributed by atoms with Crippen molar-refractivity contribution in [3.63, 3.8) is 0 Å². The lowest BCUT2D eigenvalue weighted by Gasteiger charge is -2.20. The fourth-order valence-electron chi connectivity index (χ4n) is 3.20. The second-order valence-corrected chi connectivity index (χ2v) is 9.32. The summed E-state index contributed by atoms with van der Waals surface area (Å²) in [5, 5.41) is 2.91. The van der Waals surface area contributed by atoms with Gasteiger partial charge in [-0.3, -0.25) is 9.10 Å². The Morgan fingerprint density at radius 1 is 1.00 bits per heavy atom. The highest BCUT2D eigenvalue weighted by atomic mass is 32.2. The molecule has 1 N–H and O–H groups in total. The Morgan fingerprint density at radius 3 is 2.39 bits per heavy atom. The third-order valence-electron chi connectivity index (χ3n) is 5.03. The number of nitrogens with one attached hydrogen (secondary N) is 1. The number of anilines is 1. The molecule has 0 saturated carbocycles. The van der Waals surface area contributed by atoms with Crippen LogP contribution in [-0.2, 0) is 16.4 Å². The predicted octanol–water partition coefficient (Wildman–Crippen LogP) is 4.40. The Kier molecular flexibility index (Phi) is 7.07. The summed E-state index contributed by atoms with van der Waals surface area (Å²) in [6.07, 6.45) is 1.58. The van der Waals surface area contributed by atoms with Crippen molar-refractivity contribution in [2.24, 2.45) is 0 Å². The summed E-state index contributed by atoms with van der Waals surface area (Å²) in [4.78, 5) is 12.6. The molecule has 0 fully saturated rings. The van der Waals surface area contributed by atoms with Crippen LogP contribution in [0.2, 0.25) is 0 Å². The van der Waals surface area contributed by atoms with E-state index in [-0.39, 0.29) is 28.1 Å². The van der Waals surface area contributed by atoms with Gasteiger partial charge in [0.05, 0.1) is 10.6 Å². The molecule has 7 heteroatoms. The molecule has 0 aliphatic heterocycles. The lowest BCUT2D eigenvalue weighted by atomic mass is 10.1. The van der Waals surface area contributed by atoms with Crippen molar-refractivity contribution in [2.45, 2.75) is 30.7 Å². The van der Waals surface area contributed by atoms with Gasteiger partial charge < -0.3 is 5.32 Å². The van der Waals surface area contributed by atoms with Crippen molar-refractivity contribution in [3.05, 3.63) is 95.8 Å². The van der Waals surface area contributed by atoms with Crippen molar-refractivity contribution in [1.82, 2.24) is 5.32 Å². The van der Waals surface area contributed by atoms with Crippen LogP contribution in [0, 0.1) is 5.82 Å². The van der Waals surface area contributed by atoms with Gasteiger partial charge in [-0.1, -0.05) is 48.5 Å². The standard InChI is InChI=1S/C24H25FN2O3S/c1-18(15-16-19-9-4-3-5-10-19)26-24(28)20-11-8-12-21(17-20)31(29,30)27(2)23-14-7-6-13-22(23)25/h3-14,17-18H,15-16H2,1-2H3,(H,26,28)/t18-/m1/s1. The van der Waals surface area contributed by atoms with Gasteiger partial charge in [-0.2, -0.15) is 0 Å². The molecule has 31 heavy (non-hydrogen) atoms. The lowest BCUT2D eigenvalue weighted by molar-refractivity contribution is 0.0938. The number of benzene rings is 3. The minimum atomic E-state index is -4.03. The summed E-state index contributed by atoms with van der Waals surface area (Å²) in [5.74, 6) is -0.999. The molecule has 3 rings (SSSR count). The zero-order chi connectivity index (χ0) is 22.4. The second-order valence-electron chi connectivity index (χ2n) is 7.35. The molecule has 0 saturated heterocycles. The van der Waals surface area contributed by atoms with Gasteiger partial charge in [-0.05, 0) is 55.7 Å². The Morgan fingerprint density at radius 2 is 1.68 bits per heavy atom. The van der Waals surface area contributed by atoms with Crippen LogP contribution in [0.4, 0.5) is 10.1 Å². The van der Waals surface area contributed by atoms with Gasteiger partial charge >= 0.3 is 0 Å².